The van der Waals surface area contributed by atoms with Crippen molar-refractivity contribution in [2.75, 3.05) is 0 Å². The van der Waals surface area contributed by atoms with Crippen LogP contribution in [0, 0.1) is 0 Å². The minimum atomic E-state index is -4.88. The number of hydrogen-bond acceptors (Lipinski definition) is 10. The second kappa shape index (κ2) is 30.7. The third-order valence-electron chi connectivity index (χ3n) is 5.36. The van der Waals surface area contributed by atoms with Crippen LogP contribution in [0.5, 0.6) is 0 Å². The van der Waals surface area contributed by atoms with Gasteiger partial charge in [0.25, 0.3) is 20.8 Å². The van der Waals surface area contributed by atoms with Gasteiger partial charge in [-0.2, -0.15) is 0 Å². The summed E-state index contributed by atoms with van der Waals surface area (Å²) in [6.07, 6.45) is 19.7. The van der Waals surface area contributed by atoms with E-state index in [0.29, 0.717) is 12.8 Å². The minimum absolute atomic E-state index is 0. The zero-order valence-corrected chi connectivity index (χ0v) is 29.7. The molecule has 0 saturated heterocycles. The van der Waals surface area contributed by atoms with Gasteiger partial charge in [-0.25, -0.2) is 16.8 Å². The van der Waals surface area contributed by atoms with E-state index in [-0.39, 0.29) is 72.0 Å². The van der Waals surface area contributed by atoms with Crippen molar-refractivity contribution in [3.8, 4) is 0 Å². The summed E-state index contributed by atoms with van der Waals surface area (Å²) in [7, 11) is -9.77. The molecule has 0 saturated carbocycles. The molecule has 38 heavy (non-hydrogen) atoms. The van der Waals surface area contributed by atoms with Crippen LogP contribution < -0.4 is 59.1 Å². The van der Waals surface area contributed by atoms with E-state index in [1.165, 1.54) is 64.2 Å². The van der Waals surface area contributed by atoms with Gasteiger partial charge in [-0.3, -0.25) is 9.59 Å². The molecule has 0 radical (unpaired) electrons. The predicted molar refractivity (Wildman–Crippen MR) is 135 cm³/mol. The van der Waals surface area contributed by atoms with E-state index in [0.717, 1.165) is 38.5 Å². The van der Waals surface area contributed by atoms with Crippen molar-refractivity contribution in [2.45, 2.75) is 142 Å². The molecule has 0 aromatic rings. The zero-order chi connectivity index (χ0) is 27.7. The molecule has 0 N–H and O–H groups in total. The SMILES string of the molecule is CCCCCCCCCCCC(=O)OS(=O)(=O)[O-].CCCCCCCCCCCC(=O)OS(=O)(=O)[O-].[Na+].[Na+]. The summed E-state index contributed by atoms with van der Waals surface area (Å²) in [5.74, 6) is -1.90. The minimum Gasteiger partial charge on any atom is -0.716 e. The molecule has 10 nitrogen and oxygen atoms in total. The summed E-state index contributed by atoms with van der Waals surface area (Å²) in [6, 6.07) is 0. The van der Waals surface area contributed by atoms with Crippen LogP contribution in [0.15, 0.2) is 0 Å². The van der Waals surface area contributed by atoms with E-state index in [1.807, 2.05) is 0 Å². The third kappa shape index (κ3) is 43.8. The Bertz CT molecular complexity index is 696. The Morgan fingerprint density at radius 3 is 0.895 bits per heavy atom. The maximum Gasteiger partial charge on any atom is 1.00 e. The monoisotopic (exact) mass is 604 g/mol. The van der Waals surface area contributed by atoms with Gasteiger partial charge in [-0.15, -0.1) is 0 Å². The molecule has 0 aliphatic rings. The molecule has 0 fully saturated rings. The topological polar surface area (TPSA) is 167 Å². The van der Waals surface area contributed by atoms with Crippen LogP contribution in [0.25, 0.3) is 0 Å². The Hall–Kier alpha value is 0.760. The summed E-state index contributed by atoms with van der Waals surface area (Å²) in [5, 5.41) is 0. The van der Waals surface area contributed by atoms with Crippen LogP contribution in [0.3, 0.4) is 0 Å². The summed E-state index contributed by atoms with van der Waals surface area (Å²) >= 11 is 0. The molecule has 0 spiro atoms. The van der Waals surface area contributed by atoms with Crippen molar-refractivity contribution in [2.24, 2.45) is 0 Å². The molecule has 0 aromatic carbocycles. The van der Waals surface area contributed by atoms with Crippen molar-refractivity contribution >= 4 is 32.7 Å². The largest absolute Gasteiger partial charge is 1.00 e. The average Bonchev–Trinajstić information content (AvgIpc) is 2.75. The number of rotatable bonds is 22. The van der Waals surface area contributed by atoms with Crippen LogP contribution >= 0.6 is 0 Å². The van der Waals surface area contributed by atoms with Gasteiger partial charge in [-0.05, 0) is 12.8 Å². The number of hydrogen-bond donors (Lipinski definition) is 0. The van der Waals surface area contributed by atoms with Gasteiger partial charge in [0.2, 0.25) is 0 Å². The molecular formula is C24H46Na2O10S2. The van der Waals surface area contributed by atoms with Gasteiger partial charge in [0.1, 0.15) is 0 Å². The standard InChI is InChI=1S/2C12H24O5S.2Na/c2*1-2-3-4-5-6-7-8-9-10-11-12(13)17-18(14,15)16;;/h2*2-11H2,1H3,(H,14,15,16);;/q;;2*+1/p-2. The molecule has 0 aliphatic carbocycles. The normalized spacial score (nSPS) is 10.8. The van der Waals surface area contributed by atoms with Crippen molar-refractivity contribution in [1.82, 2.24) is 0 Å². The maximum absolute atomic E-state index is 10.9. The van der Waals surface area contributed by atoms with E-state index >= 15 is 0 Å². The van der Waals surface area contributed by atoms with E-state index in [9.17, 15) is 35.5 Å². The number of carbonyl (C=O) groups is 2. The average molecular weight is 605 g/mol. The van der Waals surface area contributed by atoms with Crippen LogP contribution in [-0.4, -0.2) is 37.9 Å². The first kappa shape index (κ1) is 45.7. The fraction of sp³-hybridized carbons (Fsp3) is 0.917. The summed E-state index contributed by atoms with van der Waals surface area (Å²) < 4.78 is 68.0. The van der Waals surface area contributed by atoms with Crippen molar-refractivity contribution < 1.29 is 103 Å². The molecule has 0 atom stereocenters. The fourth-order valence-electron chi connectivity index (χ4n) is 3.47. The maximum atomic E-state index is 10.9. The zero-order valence-electron chi connectivity index (χ0n) is 24.0. The van der Waals surface area contributed by atoms with E-state index in [4.69, 9.17) is 0 Å². The second-order valence-corrected chi connectivity index (χ2v) is 10.9. The summed E-state index contributed by atoms with van der Waals surface area (Å²) in [6.45, 7) is 4.36. The molecule has 0 aliphatic heterocycles. The Morgan fingerprint density at radius 1 is 0.474 bits per heavy atom. The van der Waals surface area contributed by atoms with Gasteiger partial charge >= 0.3 is 71.1 Å². The molecule has 216 valence electrons. The van der Waals surface area contributed by atoms with Crippen LogP contribution in [0.4, 0.5) is 0 Å². The van der Waals surface area contributed by atoms with Gasteiger partial charge in [0.15, 0.2) is 0 Å². The first-order valence-electron chi connectivity index (χ1n) is 13.3. The summed E-state index contributed by atoms with van der Waals surface area (Å²) in [5.41, 5.74) is 0. The van der Waals surface area contributed by atoms with Crippen LogP contribution in [-0.2, 0) is 38.8 Å². The first-order valence-corrected chi connectivity index (χ1v) is 15.9. The Labute approximate surface area is 275 Å². The van der Waals surface area contributed by atoms with Crippen molar-refractivity contribution in [1.29, 1.82) is 0 Å². The molecule has 0 heterocycles. The predicted octanol–water partition coefficient (Wildman–Crippen LogP) is -0.171. The Kier molecular flexibility index (Phi) is 37.0. The molecule has 0 amide bonds. The molecule has 0 aromatic heterocycles. The van der Waals surface area contributed by atoms with Crippen LogP contribution in [0.1, 0.15) is 142 Å². The number of carbonyl (C=O) groups excluding carboxylic acids is 2. The Morgan fingerprint density at radius 2 is 0.684 bits per heavy atom. The molecule has 14 heteroatoms. The van der Waals surface area contributed by atoms with Gasteiger partial charge in [0.05, 0.1) is 0 Å². The molecular weight excluding hydrogens is 558 g/mol. The van der Waals surface area contributed by atoms with E-state index in [1.54, 1.807) is 0 Å². The first-order chi connectivity index (χ1) is 16.9. The summed E-state index contributed by atoms with van der Waals surface area (Å²) in [4.78, 5) is 21.7. The third-order valence-corrected chi connectivity index (χ3v) is 6.14. The van der Waals surface area contributed by atoms with E-state index < -0.39 is 32.7 Å². The molecule has 0 rings (SSSR count). The smallest absolute Gasteiger partial charge is 0.716 e. The van der Waals surface area contributed by atoms with Crippen molar-refractivity contribution in [3.63, 3.8) is 0 Å². The Balaban J connectivity index is -0.000000289. The quantitative estimate of drug-likeness (QED) is 0.0700. The second-order valence-electron chi connectivity index (χ2n) is 8.88. The number of unbranched alkanes of at least 4 members (excludes halogenated alkanes) is 16. The van der Waals surface area contributed by atoms with Gasteiger partial charge in [-0.1, -0.05) is 117 Å². The van der Waals surface area contributed by atoms with Gasteiger partial charge in [0, 0.05) is 12.8 Å². The fourth-order valence-corrected chi connectivity index (χ4v) is 4.09. The van der Waals surface area contributed by atoms with Crippen molar-refractivity contribution in [3.05, 3.63) is 0 Å². The van der Waals surface area contributed by atoms with Crippen LogP contribution in [0.2, 0.25) is 0 Å². The molecule has 0 unspecified atom stereocenters. The van der Waals surface area contributed by atoms with Gasteiger partial charge < -0.3 is 17.5 Å². The van der Waals surface area contributed by atoms with E-state index in [2.05, 4.69) is 22.2 Å². The molecule has 0 bridgehead atoms.